The first-order chi connectivity index (χ1) is 7.81. The molecule has 18 heavy (non-hydrogen) atoms. The van der Waals surface area contributed by atoms with Crippen LogP contribution in [0, 0.1) is 5.92 Å². The van der Waals surface area contributed by atoms with E-state index in [1.807, 2.05) is 13.0 Å². The van der Waals surface area contributed by atoms with Crippen LogP contribution in [0.4, 0.5) is 4.79 Å². The third-order valence-electron chi connectivity index (χ3n) is 2.91. The Labute approximate surface area is 113 Å². The Balaban J connectivity index is 0.00000162. The van der Waals surface area contributed by atoms with Crippen LogP contribution in [0.3, 0.4) is 0 Å². The number of carbonyl (C=O) groups excluding carboxylic acids is 2. The summed E-state index contributed by atoms with van der Waals surface area (Å²) in [5, 5.41) is 3.18. The van der Waals surface area contributed by atoms with Gasteiger partial charge in [-0.05, 0) is 26.8 Å². The van der Waals surface area contributed by atoms with Crippen molar-refractivity contribution in [1.82, 2.24) is 10.2 Å². The first kappa shape index (κ1) is 15.0. The zero-order valence-electron chi connectivity index (χ0n) is 11.0. The van der Waals surface area contributed by atoms with E-state index >= 15 is 0 Å². The first-order valence-electron chi connectivity index (χ1n) is 5.81. The van der Waals surface area contributed by atoms with Crippen molar-refractivity contribution in [3.63, 3.8) is 0 Å². The SMILES string of the molecule is C[C@@H]1C(=O)N(C(=O)OC(C)(C)C)C2=CCN[C@@H]21.Cl. The molecule has 2 aliphatic rings. The molecule has 2 aliphatic heterocycles. The first-order valence-corrected chi connectivity index (χ1v) is 5.81. The molecule has 0 radical (unpaired) electrons. The normalized spacial score (nSPS) is 26.6. The number of hydrogen-bond donors (Lipinski definition) is 1. The zero-order valence-corrected chi connectivity index (χ0v) is 11.8. The molecule has 0 unspecified atom stereocenters. The van der Waals surface area contributed by atoms with Crippen molar-refractivity contribution in [1.29, 1.82) is 0 Å². The van der Waals surface area contributed by atoms with Gasteiger partial charge in [-0.1, -0.05) is 6.92 Å². The van der Waals surface area contributed by atoms with Gasteiger partial charge in [0.1, 0.15) is 5.60 Å². The van der Waals surface area contributed by atoms with E-state index in [0.717, 1.165) is 5.70 Å². The van der Waals surface area contributed by atoms with Gasteiger partial charge in [0.2, 0.25) is 5.91 Å². The Morgan fingerprint density at radius 1 is 1.50 bits per heavy atom. The number of nitrogens with one attached hydrogen (secondary N) is 1. The number of fused-ring (bicyclic) bond motifs is 1. The van der Waals surface area contributed by atoms with E-state index in [-0.39, 0.29) is 30.3 Å². The van der Waals surface area contributed by atoms with E-state index in [9.17, 15) is 9.59 Å². The number of hydrogen-bond acceptors (Lipinski definition) is 4. The van der Waals surface area contributed by atoms with E-state index in [4.69, 9.17) is 4.74 Å². The van der Waals surface area contributed by atoms with Crippen LogP contribution in [-0.4, -0.2) is 35.1 Å². The van der Waals surface area contributed by atoms with Gasteiger partial charge in [-0.15, -0.1) is 12.4 Å². The summed E-state index contributed by atoms with van der Waals surface area (Å²) in [7, 11) is 0. The molecule has 1 N–H and O–H groups in total. The number of nitrogens with zero attached hydrogens (tertiary/aromatic N) is 1. The van der Waals surface area contributed by atoms with Gasteiger partial charge in [0.25, 0.3) is 0 Å². The summed E-state index contributed by atoms with van der Waals surface area (Å²) in [6.45, 7) is 7.87. The quantitative estimate of drug-likeness (QED) is 0.730. The molecule has 0 spiro atoms. The van der Waals surface area contributed by atoms with Crippen molar-refractivity contribution in [3.05, 3.63) is 11.8 Å². The molecule has 6 heteroatoms. The fourth-order valence-electron chi connectivity index (χ4n) is 2.16. The molecule has 1 saturated heterocycles. The minimum atomic E-state index is -0.592. The topological polar surface area (TPSA) is 58.6 Å². The van der Waals surface area contributed by atoms with Gasteiger partial charge in [0.05, 0.1) is 12.0 Å². The van der Waals surface area contributed by atoms with Crippen LogP contribution in [0.15, 0.2) is 11.8 Å². The number of rotatable bonds is 0. The second-order valence-electron chi connectivity index (χ2n) is 5.46. The van der Waals surface area contributed by atoms with E-state index in [2.05, 4.69) is 5.32 Å². The highest BCUT2D eigenvalue weighted by molar-refractivity contribution is 5.99. The molecule has 2 heterocycles. The van der Waals surface area contributed by atoms with E-state index in [0.29, 0.717) is 6.54 Å². The summed E-state index contributed by atoms with van der Waals surface area (Å²) in [6.07, 6.45) is 1.29. The number of amides is 2. The van der Waals surface area contributed by atoms with Crippen LogP contribution in [0.5, 0.6) is 0 Å². The third kappa shape index (κ3) is 2.52. The van der Waals surface area contributed by atoms with Crippen molar-refractivity contribution >= 4 is 24.4 Å². The summed E-state index contributed by atoms with van der Waals surface area (Å²) >= 11 is 0. The summed E-state index contributed by atoms with van der Waals surface area (Å²) in [5.74, 6) is -0.404. The largest absolute Gasteiger partial charge is 0.443 e. The molecule has 1 fully saturated rings. The Morgan fingerprint density at radius 3 is 2.67 bits per heavy atom. The summed E-state index contributed by atoms with van der Waals surface area (Å²) in [4.78, 5) is 25.1. The van der Waals surface area contributed by atoms with Gasteiger partial charge in [0, 0.05) is 12.2 Å². The van der Waals surface area contributed by atoms with Crippen LogP contribution < -0.4 is 5.32 Å². The molecule has 0 bridgehead atoms. The fraction of sp³-hybridized carbons (Fsp3) is 0.667. The molecular formula is C12H19ClN2O3. The molecule has 102 valence electrons. The number of halogens is 1. The smallest absolute Gasteiger partial charge is 0.421 e. The number of carbonyl (C=O) groups is 2. The Hall–Kier alpha value is -1.07. The summed E-state index contributed by atoms with van der Waals surface area (Å²) in [5.41, 5.74) is 0.141. The average Bonchev–Trinajstić information content (AvgIpc) is 2.69. The summed E-state index contributed by atoms with van der Waals surface area (Å²) in [6, 6.07) is -0.0463. The maximum atomic E-state index is 12.0. The lowest BCUT2D eigenvalue weighted by molar-refractivity contribution is -0.129. The molecule has 0 aromatic carbocycles. The molecule has 0 aliphatic carbocycles. The molecule has 2 atom stereocenters. The monoisotopic (exact) mass is 274 g/mol. The summed E-state index contributed by atoms with van der Waals surface area (Å²) < 4.78 is 5.25. The lowest BCUT2D eigenvalue weighted by Gasteiger charge is -2.24. The minimum absolute atomic E-state index is 0. The molecule has 5 nitrogen and oxygen atoms in total. The fourth-order valence-corrected chi connectivity index (χ4v) is 2.16. The second kappa shape index (κ2) is 4.90. The van der Waals surface area contributed by atoms with Gasteiger partial charge in [-0.2, -0.15) is 0 Å². The lowest BCUT2D eigenvalue weighted by atomic mass is 10.1. The van der Waals surface area contributed by atoms with Crippen LogP contribution in [0.25, 0.3) is 0 Å². The molecule has 0 aromatic rings. The second-order valence-corrected chi connectivity index (χ2v) is 5.46. The third-order valence-corrected chi connectivity index (χ3v) is 2.91. The van der Waals surface area contributed by atoms with Crippen molar-refractivity contribution < 1.29 is 14.3 Å². The average molecular weight is 275 g/mol. The maximum Gasteiger partial charge on any atom is 0.421 e. The van der Waals surface area contributed by atoms with Crippen molar-refractivity contribution in [3.8, 4) is 0 Å². The highest BCUT2D eigenvalue weighted by Crippen LogP contribution is 2.32. The molecule has 0 aromatic heterocycles. The highest BCUT2D eigenvalue weighted by atomic mass is 35.5. The van der Waals surface area contributed by atoms with Crippen LogP contribution >= 0.6 is 12.4 Å². The van der Waals surface area contributed by atoms with E-state index in [1.165, 1.54) is 4.90 Å². The van der Waals surface area contributed by atoms with Crippen molar-refractivity contribution in [2.45, 2.75) is 39.3 Å². The van der Waals surface area contributed by atoms with Crippen LogP contribution in [0.2, 0.25) is 0 Å². The molecule has 2 rings (SSSR count). The van der Waals surface area contributed by atoms with Crippen LogP contribution in [-0.2, 0) is 9.53 Å². The maximum absolute atomic E-state index is 12.0. The highest BCUT2D eigenvalue weighted by Gasteiger charge is 2.47. The van der Waals surface area contributed by atoms with E-state index in [1.54, 1.807) is 20.8 Å². The number of ether oxygens (including phenoxy) is 1. The molecule has 0 saturated carbocycles. The minimum Gasteiger partial charge on any atom is -0.443 e. The van der Waals surface area contributed by atoms with Gasteiger partial charge in [-0.3, -0.25) is 4.79 Å². The van der Waals surface area contributed by atoms with Gasteiger partial charge in [0.15, 0.2) is 0 Å². The predicted molar refractivity (Wildman–Crippen MR) is 69.4 cm³/mol. The Morgan fingerprint density at radius 2 is 2.11 bits per heavy atom. The Kier molecular flexibility index (Phi) is 4.08. The van der Waals surface area contributed by atoms with Crippen molar-refractivity contribution in [2.24, 2.45) is 5.92 Å². The van der Waals surface area contributed by atoms with Crippen LogP contribution in [0.1, 0.15) is 27.7 Å². The Bertz CT molecular complexity index is 401. The molecule has 2 amide bonds. The lowest BCUT2D eigenvalue weighted by Crippen LogP contribution is -2.37. The zero-order chi connectivity index (χ0) is 12.8. The van der Waals surface area contributed by atoms with Gasteiger partial charge >= 0.3 is 6.09 Å². The van der Waals surface area contributed by atoms with E-state index < -0.39 is 11.7 Å². The number of imide groups is 1. The number of likely N-dealkylation sites (tertiary alicyclic amines) is 1. The van der Waals surface area contributed by atoms with Gasteiger partial charge < -0.3 is 10.1 Å². The molecular weight excluding hydrogens is 256 g/mol. The van der Waals surface area contributed by atoms with Crippen molar-refractivity contribution in [2.75, 3.05) is 6.54 Å². The standard InChI is InChI=1S/C12H18N2O3.ClH/c1-7-9-8(5-6-13-9)14(10(7)15)11(16)17-12(2,3)4;/h5,7,9,13H,6H2,1-4H3;1H/t7-,9+;/m0./s1. The predicted octanol–water partition coefficient (Wildman–Crippen LogP) is 1.68. The van der Waals surface area contributed by atoms with Gasteiger partial charge in [-0.25, -0.2) is 9.69 Å².